The summed E-state index contributed by atoms with van der Waals surface area (Å²) >= 11 is 0. The Morgan fingerprint density at radius 2 is 1.81 bits per heavy atom. The van der Waals surface area contributed by atoms with Crippen LogP contribution in [0.1, 0.15) is 30.9 Å². The van der Waals surface area contributed by atoms with Gasteiger partial charge in [0.15, 0.2) is 11.5 Å². The van der Waals surface area contributed by atoms with Gasteiger partial charge in [-0.05, 0) is 43.0 Å². The minimum absolute atomic E-state index is 0.0555. The lowest BCUT2D eigenvalue weighted by Crippen LogP contribution is -2.21. The summed E-state index contributed by atoms with van der Waals surface area (Å²) in [6.45, 7) is 2.19. The predicted molar refractivity (Wildman–Crippen MR) is 105 cm³/mol. The fourth-order valence-corrected chi connectivity index (χ4v) is 3.07. The van der Waals surface area contributed by atoms with Crippen LogP contribution >= 0.6 is 0 Å². The summed E-state index contributed by atoms with van der Waals surface area (Å²) in [5.74, 6) is 1.44. The van der Waals surface area contributed by atoms with Crippen molar-refractivity contribution >= 4 is 16.6 Å². The van der Waals surface area contributed by atoms with E-state index in [4.69, 9.17) is 9.47 Å². The Morgan fingerprint density at radius 1 is 1.08 bits per heavy atom. The van der Waals surface area contributed by atoms with Gasteiger partial charge in [0.2, 0.25) is 0 Å². The van der Waals surface area contributed by atoms with Crippen molar-refractivity contribution in [3.05, 3.63) is 59.7 Å². The lowest BCUT2D eigenvalue weighted by molar-refractivity contribution is -0.118. The second-order valence-electron chi connectivity index (χ2n) is 6.22. The molecule has 0 spiro atoms. The van der Waals surface area contributed by atoms with Crippen LogP contribution in [0.15, 0.2) is 48.5 Å². The molecular weight excluding hydrogens is 348 g/mol. The van der Waals surface area contributed by atoms with Crippen molar-refractivity contribution < 1.29 is 18.5 Å². The smallest absolute Gasteiger partial charge is 0.161 e. The van der Waals surface area contributed by atoms with Crippen LogP contribution < -0.4 is 9.47 Å². The minimum Gasteiger partial charge on any atom is -0.493 e. The molecule has 4 nitrogen and oxygen atoms in total. The van der Waals surface area contributed by atoms with E-state index in [1.54, 1.807) is 20.3 Å². The molecule has 2 aromatic rings. The Morgan fingerprint density at radius 3 is 2.46 bits per heavy atom. The molecule has 0 aliphatic heterocycles. The Kier molecular flexibility index (Phi) is 7.85. The lowest BCUT2D eigenvalue weighted by Gasteiger charge is -2.13. The van der Waals surface area contributed by atoms with E-state index >= 15 is 0 Å². The fourth-order valence-electron chi connectivity index (χ4n) is 2.58. The largest absolute Gasteiger partial charge is 0.493 e. The quantitative estimate of drug-likeness (QED) is 0.632. The average molecular weight is 375 g/mol. The van der Waals surface area contributed by atoms with E-state index in [1.165, 1.54) is 0 Å². The van der Waals surface area contributed by atoms with Gasteiger partial charge in [0, 0.05) is 23.5 Å². The first-order chi connectivity index (χ1) is 12.5. The SMILES string of the molecule is COc1ccc(CCCC(=O)C(C)S(C)=O)cc1OCc1ccccc1. The van der Waals surface area contributed by atoms with Gasteiger partial charge < -0.3 is 9.47 Å². The Labute approximate surface area is 158 Å². The molecule has 2 unspecified atom stereocenters. The van der Waals surface area contributed by atoms with Crippen LogP contribution in [-0.4, -0.2) is 28.6 Å². The van der Waals surface area contributed by atoms with E-state index in [0.29, 0.717) is 24.5 Å². The zero-order valence-electron chi connectivity index (χ0n) is 15.6. The highest BCUT2D eigenvalue weighted by Crippen LogP contribution is 2.29. The molecule has 0 aliphatic rings. The van der Waals surface area contributed by atoms with Gasteiger partial charge >= 0.3 is 0 Å². The van der Waals surface area contributed by atoms with Gasteiger partial charge in [-0.2, -0.15) is 0 Å². The molecule has 0 aliphatic carbocycles. The van der Waals surface area contributed by atoms with Crippen LogP contribution in [0.25, 0.3) is 0 Å². The number of rotatable bonds is 10. The topological polar surface area (TPSA) is 52.6 Å². The van der Waals surface area contributed by atoms with Gasteiger partial charge in [-0.3, -0.25) is 9.00 Å². The van der Waals surface area contributed by atoms with Gasteiger partial charge in [0.1, 0.15) is 12.4 Å². The van der Waals surface area contributed by atoms with Crippen LogP contribution in [-0.2, 0) is 28.6 Å². The highest BCUT2D eigenvalue weighted by Gasteiger charge is 2.16. The zero-order valence-corrected chi connectivity index (χ0v) is 16.4. The molecular formula is C21H26O4S. The van der Waals surface area contributed by atoms with Crippen molar-refractivity contribution in [1.82, 2.24) is 0 Å². The van der Waals surface area contributed by atoms with Gasteiger partial charge in [-0.15, -0.1) is 0 Å². The summed E-state index contributed by atoms with van der Waals surface area (Å²) in [4.78, 5) is 12.0. The highest BCUT2D eigenvalue weighted by atomic mass is 32.2. The van der Waals surface area contributed by atoms with Crippen LogP contribution in [0.5, 0.6) is 11.5 Å². The maximum Gasteiger partial charge on any atom is 0.161 e. The standard InChI is InChI=1S/C21H26O4S/c1-16(26(3)23)19(22)11-7-10-17-12-13-20(24-2)21(14-17)25-15-18-8-5-4-6-9-18/h4-6,8-9,12-14,16H,7,10-11,15H2,1-3H3. The number of ketones is 1. The molecule has 0 bridgehead atoms. The molecule has 0 aromatic heterocycles. The summed E-state index contributed by atoms with van der Waals surface area (Å²) in [5, 5.41) is -0.393. The number of aryl methyl sites for hydroxylation is 1. The molecule has 26 heavy (non-hydrogen) atoms. The molecule has 0 saturated heterocycles. The van der Waals surface area contributed by atoms with Gasteiger partial charge in [0.25, 0.3) is 0 Å². The van der Waals surface area contributed by atoms with E-state index in [2.05, 4.69) is 0 Å². The molecule has 0 N–H and O–H groups in total. The average Bonchev–Trinajstić information content (AvgIpc) is 2.66. The lowest BCUT2D eigenvalue weighted by atomic mass is 10.0. The zero-order chi connectivity index (χ0) is 18.9. The number of ether oxygens (including phenoxy) is 2. The number of carbonyl (C=O) groups excluding carboxylic acids is 1. The van der Waals surface area contributed by atoms with Gasteiger partial charge in [0.05, 0.1) is 12.4 Å². The van der Waals surface area contributed by atoms with Crippen molar-refractivity contribution in [1.29, 1.82) is 0 Å². The maximum absolute atomic E-state index is 12.0. The number of benzene rings is 2. The number of Topliss-reactive ketones (excluding diaryl/α,β-unsaturated/α-hetero) is 1. The van der Waals surface area contributed by atoms with Crippen molar-refractivity contribution in [2.24, 2.45) is 0 Å². The normalized spacial score (nSPS) is 13.0. The molecule has 2 atom stereocenters. The van der Waals surface area contributed by atoms with E-state index in [-0.39, 0.29) is 5.78 Å². The summed E-state index contributed by atoms with van der Waals surface area (Å²) in [6, 6.07) is 15.8. The molecule has 0 heterocycles. The third-order valence-electron chi connectivity index (χ3n) is 4.31. The molecule has 2 aromatic carbocycles. The summed E-state index contributed by atoms with van der Waals surface area (Å²) in [6.07, 6.45) is 3.50. The van der Waals surface area contributed by atoms with E-state index < -0.39 is 16.0 Å². The summed E-state index contributed by atoms with van der Waals surface area (Å²) < 4.78 is 22.7. The molecule has 0 radical (unpaired) electrons. The molecule has 2 rings (SSSR count). The second kappa shape index (κ2) is 10.1. The first kappa shape index (κ1) is 20.2. The van der Waals surface area contributed by atoms with Crippen molar-refractivity contribution in [3.63, 3.8) is 0 Å². The molecule has 140 valence electrons. The van der Waals surface area contributed by atoms with Gasteiger partial charge in [-0.25, -0.2) is 0 Å². The molecule has 0 saturated carbocycles. The number of carbonyl (C=O) groups is 1. The summed E-state index contributed by atoms with van der Waals surface area (Å²) in [7, 11) is 0.517. The third-order valence-corrected chi connectivity index (χ3v) is 5.56. The van der Waals surface area contributed by atoms with Crippen molar-refractivity contribution in [2.75, 3.05) is 13.4 Å². The molecule has 0 amide bonds. The van der Waals surface area contributed by atoms with Crippen LogP contribution in [0, 0.1) is 0 Å². The van der Waals surface area contributed by atoms with E-state index in [0.717, 1.165) is 24.0 Å². The molecule has 0 fully saturated rings. The van der Waals surface area contributed by atoms with Crippen LogP contribution in [0.4, 0.5) is 0 Å². The van der Waals surface area contributed by atoms with Crippen LogP contribution in [0.2, 0.25) is 0 Å². The Bertz CT molecular complexity index is 743. The van der Waals surface area contributed by atoms with E-state index in [9.17, 15) is 9.00 Å². The fraction of sp³-hybridized carbons (Fsp3) is 0.381. The highest BCUT2D eigenvalue weighted by molar-refractivity contribution is 7.85. The molecule has 5 heteroatoms. The second-order valence-corrected chi connectivity index (χ2v) is 7.92. The minimum atomic E-state index is -1.10. The number of hydrogen-bond donors (Lipinski definition) is 0. The maximum atomic E-state index is 12.0. The third kappa shape index (κ3) is 5.99. The first-order valence-electron chi connectivity index (χ1n) is 8.70. The van der Waals surface area contributed by atoms with Gasteiger partial charge in [-0.1, -0.05) is 36.4 Å². The predicted octanol–water partition coefficient (Wildman–Crippen LogP) is 3.93. The first-order valence-corrected chi connectivity index (χ1v) is 10.3. The van der Waals surface area contributed by atoms with Crippen molar-refractivity contribution in [3.8, 4) is 11.5 Å². The van der Waals surface area contributed by atoms with Crippen molar-refractivity contribution in [2.45, 2.75) is 38.0 Å². The monoisotopic (exact) mass is 374 g/mol. The Balaban J connectivity index is 1.95. The Hall–Kier alpha value is -2.14. The van der Waals surface area contributed by atoms with E-state index in [1.807, 2.05) is 48.5 Å². The number of hydrogen-bond acceptors (Lipinski definition) is 4. The number of methoxy groups -OCH3 is 1. The van der Waals surface area contributed by atoms with Crippen LogP contribution in [0.3, 0.4) is 0 Å². The summed E-state index contributed by atoms with van der Waals surface area (Å²) in [5.41, 5.74) is 2.18.